The Bertz CT molecular complexity index is 2040. The van der Waals surface area contributed by atoms with Gasteiger partial charge in [0.2, 0.25) is 5.91 Å². The van der Waals surface area contributed by atoms with Gasteiger partial charge in [0.15, 0.2) is 5.82 Å². The number of halogens is 1. The fourth-order valence-electron chi connectivity index (χ4n) is 7.60. The summed E-state index contributed by atoms with van der Waals surface area (Å²) in [6.45, 7) is 1.51. The Balaban J connectivity index is 1.25. The molecule has 2 saturated carbocycles. The highest BCUT2D eigenvalue weighted by Crippen LogP contribution is 2.41. The number of ether oxygens (including phenoxy) is 1. The van der Waals surface area contributed by atoms with Crippen molar-refractivity contribution >= 4 is 33.8 Å². The third-order valence-corrected chi connectivity index (χ3v) is 10.1. The highest BCUT2D eigenvalue weighted by molar-refractivity contribution is 6.02. The molecule has 45 heavy (non-hydrogen) atoms. The van der Waals surface area contributed by atoms with E-state index >= 15 is 0 Å². The minimum atomic E-state index is -0.676. The second-order valence-electron chi connectivity index (χ2n) is 12.9. The summed E-state index contributed by atoms with van der Waals surface area (Å²) in [4.78, 5) is 32.9. The zero-order valence-corrected chi connectivity index (χ0v) is 25.3. The molecule has 5 aromatic rings. The number of methoxy groups -OCH3 is 1. The number of likely N-dealkylation sites (tertiary alicyclic amines) is 1. The zero-order chi connectivity index (χ0) is 31.1. The minimum Gasteiger partial charge on any atom is -0.494 e. The van der Waals surface area contributed by atoms with E-state index in [1.54, 1.807) is 13.2 Å². The number of aryl methyl sites for hydroxylation is 1. The summed E-state index contributed by atoms with van der Waals surface area (Å²) in [6.07, 6.45) is 4.34. The van der Waals surface area contributed by atoms with Crippen LogP contribution in [0.1, 0.15) is 46.4 Å². The second-order valence-corrected chi connectivity index (χ2v) is 12.9. The van der Waals surface area contributed by atoms with Crippen molar-refractivity contribution in [3.8, 4) is 28.4 Å². The molecule has 3 heterocycles. The largest absolute Gasteiger partial charge is 0.494 e. The van der Waals surface area contributed by atoms with Gasteiger partial charge in [-0.2, -0.15) is 0 Å². The number of aromatic nitrogens is 3. The molecule has 2 bridgehead atoms. The lowest BCUT2D eigenvalue weighted by Gasteiger charge is -2.27. The Morgan fingerprint density at radius 3 is 2.56 bits per heavy atom. The van der Waals surface area contributed by atoms with Crippen molar-refractivity contribution < 1.29 is 18.7 Å². The number of nitrogens with zero attached hydrogens (tertiary/aromatic N) is 4. The van der Waals surface area contributed by atoms with Crippen LogP contribution in [0.2, 0.25) is 0 Å². The van der Waals surface area contributed by atoms with Crippen LogP contribution in [0.3, 0.4) is 0 Å². The molecule has 230 valence electrons. The predicted molar refractivity (Wildman–Crippen MR) is 170 cm³/mol. The maximum Gasteiger partial charge on any atom is 0.254 e. The standard InChI is InChI=1S/C35H35FN6O3/c1-40-32-26(11-22(14-30(32)45-2)35(44)42-17-21-7-10-27(42)31(21)37)39-34(40)29-13-20-6-5-19(12-28(20)41(29)16-18-3-4-18)24-9-8-23(36)15-25(24)33(38)43/h5-6,8-9,11-15,18,21,27,31H,3-4,7,10,16-17,37H2,1-2H3,(H2,38,43)/t21?,27?,31-/m1/s1. The first-order valence-corrected chi connectivity index (χ1v) is 15.6. The lowest BCUT2D eigenvalue weighted by Crippen LogP contribution is -2.41. The number of carbonyl (C=O) groups is 2. The van der Waals surface area contributed by atoms with E-state index in [1.165, 1.54) is 12.1 Å². The van der Waals surface area contributed by atoms with Gasteiger partial charge in [0.25, 0.3) is 5.91 Å². The van der Waals surface area contributed by atoms with Gasteiger partial charge in [-0.25, -0.2) is 9.37 Å². The molecule has 8 rings (SSSR count). The van der Waals surface area contributed by atoms with Crippen LogP contribution in [0.5, 0.6) is 5.75 Å². The summed E-state index contributed by atoms with van der Waals surface area (Å²) in [5, 5.41) is 1.02. The van der Waals surface area contributed by atoms with Gasteiger partial charge in [0.05, 0.1) is 18.3 Å². The molecule has 3 atom stereocenters. The van der Waals surface area contributed by atoms with Gasteiger partial charge in [0.1, 0.15) is 17.1 Å². The molecule has 1 aliphatic heterocycles. The molecule has 3 aromatic carbocycles. The quantitative estimate of drug-likeness (QED) is 0.268. The van der Waals surface area contributed by atoms with Crippen LogP contribution < -0.4 is 16.2 Å². The number of rotatable bonds is 7. The van der Waals surface area contributed by atoms with Gasteiger partial charge < -0.3 is 30.2 Å². The highest BCUT2D eigenvalue weighted by atomic mass is 19.1. The van der Waals surface area contributed by atoms with Gasteiger partial charge in [-0.15, -0.1) is 0 Å². The van der Waals surface area contributed by atoms with Crippen LogP contribution in [0.4, 0.5) is 4.39 Å². The molecular weight excluding hydrogens is 571 g/mol. The second kappa shape index (κ2) is 10.2. The topological polar surface area (TPSA) is 121 Å². The first-order chi connectivity index (χ1) is 21.7. The smallest absolute Gasteiger partial charge is 0.254 e. The average Bonchev–Trinajstić information content (AvgIpc) is 3.44. The van der Waals surface area contributed by atoms with Crippen LogP contribution >= 0.6 is 0 Å². The first-order valence-electron chi connectivity index (χ1n) is 15.6. The molecule has 10 heteroatoms. The van der Waals surface area contributed by atoms with Crippen LogP contribution in [-0.4, -0.2) is 56.6 Å². The van der Waals surface area contributed by atoms with Gasteiger partial charge in [-0.1, -0.05) is 18.2 Å². The van der Waals surface area contributed by atoms with E-state index in [9.17, 15) is 14.0 Å². The van der Waals surface area contributed by atoms with Crippen molar-refractivity contribution in [2.75, 3.05) is 13.7 Å². The summed E-state index contributed by atoms with van der Waals surface area (Å²) < 4.78 is 24.1. The van der Waals surface area contributed by atoms with Crippen molar-refractivity contribution in [3.05, 3.63) is 71.5 Å². The maximum absolute atomic E-state index is 14.0. The average molecular weight is 607 g/mol. The molecule has 4 N–H and O–H groups in total. The fraction of sp³-hybridized carbons (Fsp3) is 0.343. The van der Waals surface area contributed by atoms with Crippen LogP contribution in [-0.2, 0) is 13.6 Å². The van der Waals surface area contributed by atoms with Crippen molar-refractivity contribution in [3.63, 3.8) is 0 Å². The Morgan fingerprint density at radius 1 is 1.04 bits per heavy atom. The van der Waals surface area contributed by atoms with Crippen molar-refractivity contribution in [1.29, 1.82) is 0 Å². The molecule has 0 spiro atoms. The van der Waals surface area contributed by atoms with Crippen molar-refractivity contribution in [2.24, 2.45) is 30.4 Å². The molecule has 1 saturated heterocycles. The molecule has 2 unspecified atom stereocenters. The summed E-state index contributed by atoms with van der Waals surface area (Å²) in [6, 6.07) is 16.1. The van der Waals surface area contributed by atoms with E-state index in [4.69, 9.17) is 21.2 Å². The van der Waals surface area contributed by atoms with E-state index in [2.05, 4.69) is 10.6 Å². The zero-order valence-electron chi connectivity index (χ0n) is 25.3. The summed E-state index contributed by atoms with van der Waals surface area (Å²) in [5.41, 5.74) is 17.5. The van der Waals surface area contributed by atoms with Crippen LogP contribution in [0, 0.1) is 17.7 Å². The Labute approximate surface area is 259 Å². The number of amides is 2. The number of imidazole rings is 1. The molecule has 3 fully saturated rings. The molecule has 2 aromatic heterocycles. The first kappa shape index (κ1) is 27.8. The fourth-order valence-corrected chi connectivity index (χ4v) is 7.60. The van der Waals surface area contributed by atoms with E-state index in [-0.39, 0.29) is 23.6 Å². The number of carbonyl (C=O) groups excluding carboxylic acids is 2. The normalized spacial score (nSPS) is 20.9. The Hall–Kier alpha value is -4.70. The molecule has 2 aliphatic carbocycles. The number of hydrogen-bond donors (Lipinski definition) is 2. The van der Waals surface area contributed by atoms with Gasteiger partial charge in [-0.3, -0.25) is 9.59 Å². The Kier molecular flexibility index (Phi) is 6.29. The number of nitrogens with two attached hydrogens (primary N) is 2. The molecule has 0 radical (unpaired) electrons. The summed E-state index contributed by atoms with van der Waals surface area (Å²) in [5.74, 6) is 1.06. The predicted octanol–water partition coefficient (Wildman–Crippen LogP) is 5.08. The lowest BCUT2D eigenvalue weighted by atomic mass is 9.98. The minimum absolute atomic E-state index is 0.0310. The van der Waals surface area contributed by atoms with Crippen molar-refractivity contribution in [1.82, 2.24) is 19.0 Å². The van der Waals surface area contributed by atoms with Crippen LogP contribution in [0.25, 0.3) is 44.6 Å². The van der Waals surface area contributed by atoms with Crippen LogP contribution in [0.15, 0.2) is 54.6 Å². The molecule has 3 aliphatic rings. The van der Waals surface area contributed by atoms with E-state index in [0.717, 1.165) is 65.7 Å². The molecular formula is C35H35FN6O3. The third kappa shape index (κ3) is 4.41. The molecule has 2 amide bonds. The molecule has 9 nitrogen and oxygen atoms in total. The Morgan fingerprint density at radius 2 is 1.87 bits per heavy atom. The van der Waals surface area contributed by atoms with Gasteiger partial charge in [-0.05, 0) is 85.0 Å². The van der Waals surface area contributed by atoms with E-state index in [1.807, 2.05) is 46.8 Å². The number of fused-ring (bicyclic) bond motifs is 4. The summed E-state index contributed by atoms with van der Waals surface area (Å²) >= 11 is 0. The highest BCUT2D eigenvalue weighted by Gasteiger charge is 2.47. The number of piperidine rings is 1. The van der Waals surface area contributed by atoms with Crippen molar-refractivity contribution in [2.45, 2.75) is 44.3 Å². The number of primary amides is 1. The lowest BCUT2D eigenvalue weighted by molar-refractivity contribution is 0.0700. The third-order valence-electron chi connectivity index (χ3n) is 10.1. The van der Waals surface area contributed by atoms with Gasteiger partial charge in [0, 0.05) is 54.3 Å². The number of hydrogen-bond acceptors (Lipinski definition) is 5. The van der Waals surface area contributed by atoms with E-state index in [0.29, 0.717) is 40.8 Å². The maximum atomic E-state index is 14.0. The number of benzene rings is 3. The van der Waals surface area contributed by atoms with Gasteiger partial charge >= 0.3 is 0 Å². The summed E-state index contributed by atoms with van der Waals surface area (Å²) in [7, 11) is 3.58. The van der Waals surface area contributed by atoms with E-state index < -0.39 is 11.7 Å². The SMILES string of the molecule is COc1cc(C(=O)N2CC3CCC2[C@@H]3N)cc2nc(-c3cc4ccc(-c5ccc(F)cc5C(N)=O)cc4n3CC3CC3)n(C)c12. The monoisotopic (exact) mass is 606 g/mol.